The van der Waals surface area contributed by atoms with Crippen LogP contribution in [0.3, 0.4) is 0 Å². The van der Waals surface area contributed by atoms with Crippen LogP contribution in [0.4, 0.5) is 4.79 Å². The molecule has 3 amide bonds. The number of rotatable bonds is 6. The highest BCUT2D eigenvalue weighted by molar-refractivity contribution is 7.20. The zero-order valence-corrected chi connectivity index (χ0v) is 13.6. The molecule has 1 heterocycles. The largest absolute Gasteiger partial charge is 0.451 e. The molecule has 0 atom stereocenters. The zero-order valence-electron chi connectivity index (χ0n) is 12.8. The van der Waals surface area contributed by atoms with Gasteiger partial charge in [-0.3, -0.25) is 10.1 Å². The molecule has 6 nitrogen and oxygen atoms in total. The van der Waals surface area contributed by atoms with Crippen molar-refractivity contribution in [3.05, 3.63) is 35.2 Å². The molecular weight excluding hydrogens is 316 g/mol. The lowest BCUT2D eigenvalue weighted by molar-refractivity contribution is -0.123. The van der Waals surface area contributed by atoms with Crippen LogP contribution >= 0.6 is 11.3 Å². The average Bonchev–Trinajstić information content (AvgIpc) is 2.97. The van der Waals surface area contributed by atoms with Crippen molar-refractivity contribution in [1.82, 2.24) is 10.6 Å². The van der Waals surface area contributed by atoms with Crippen molar-refractivity contribution in [2.24, 2.45) is 0 Å². The van der Waals surface area contributed by atoms with E-state index in [2.05, 4.69) is 10.6 Å². The van der Waals surface area contributed by atoms with Crippen molar-refractivity contribution >= 4 is 39.3 Å². The van der Waals surface area contributed by atoms with Gasteiger partial charge >= 0.3 is 12.0 Å². The molecule has 0 aliphatic heterocycles. The summed E-state index contributed by atoms with van der Waals surface area (Å²) >= 11 is 1.30. The lowest BCUT2D eigenvalue weighted by Gasteiger charge is -2.06. The first-order valence-corrected chi connectivity index (χ1v) is 8.15. The van der Waals surface area contributed by atoms with E-state index in [4.69, 9.17) is 4.74 Å². The molecule has 0 saturated heterocycles. The third-order valence-corrected chi connectivity index (χ3v) is 4.13. The van der Waals surface area contributed by atoms with Gasteiger partial charge in [0.15, 0.2) is 6.61 Å². The number of benzene rings is 1. The van der Waals surface area contributed by atoms with E-state index in [1.165, 1.54) is 11.3 Å². The molecule has 2 N–H and O–H groups in total. The van der Waals surface area contributed by atoms with Crippen molar-refractivity contribution < 1.29 is 19.1 Å². The lowest BCUT2D eigenvalue weighted by atomic mass is 10.2. The van der Waals surface area contributed by atoms with E-state index in [0.717, 1.165) is 22.9 Å². The number of fused-ring (bicyclic) bond motifs is 1. The molecule has 0 fully saturated rings. The van der Waals surface area contributed by atoms with E-state index < -0.39 is 24.5 Å². The van der Waals surface area contributed by atoms with Gasteiger partial charge in [-0.25, -0.2) is 9.59 Å². The van der Waals surface area contributed by atoms with Crippen molar-refractivity contribution in [3.63, 3.8) is 0 Å². The summed E-state index contributed by atoms with van der Waals surface area (Å²) in [5.74, 6) is -1.23. The highest BCUT2D eigenvalue weighted by Gasteiger charge is 2.14. The van der Waals surface area contributed by atoms with E-state index in [0.29, 0.717) is 11.4 Å². The fourth-order valence-corrected chi connectivity index (χ4v) is 2.83. The molecule has 7 heteroatoms. The third kappa shape index (κ3) is 5.07. The Morgan fingerprint density at radius 2 is 2.00 bits per heavy atom. The monoisotopic (exact) mass is 334 g/mol. The second kappa shape index (κ2) is 8.28. The normalized spacial score (nSPS) is 10.3. The quantitative estimate of drug-likeness (QED) is 0.628. The van der Waals surface area contributed by atoms with Crippen molar-refractivity contribution in [1.29, 1.82) is 0 Å². The Kier molecular flexibility index (Phi) is 6.10. The first-order valence-electron chi connectivity index (χ1n) is 7.33. The summed E-state index contributed by atoms with van der Waals surface area (Å²) < 4.78 is 5.90. The Morgan fingerprint density at radius 3 is 2.74 bits per heavy atom. The molecule has 2 aromatic rings. The van der Waals surface area contributed by atoms with Gasteiger partial charge < -0.3 is 10.1 Å². The number of hydrogen-bond donors (Lipinski definition) is 2. The maximum atomic E-state index is 11.9. The highest BCUT2D eigenvalue weighted by atomic mass is 32.1. The number of ether oxygens (including phenoxy) is 1. The van der Waals surface area contributed by atoms with Crippen molar-refractivity contribution in [3.8, 4) is 0 Å². The van der Waals surface area contributed by atoms with Crippen LogP contribution < -0.4 is 10.6 Å². The standard InChI is InChI=1S/C16H18N2O4S/c1-2-3-8-17-16(21)18-14(19)10-22-15(20)13-9-11-6-4-5-7-12(11)23-13/h4-7,9H,2-3,8,10H2,1H3,(H2,17,18,19,21). The Bertz CT molecular complexity index is 678. The Labute approximate surface area is 137 Å². The van der Waals surface area contributed by atoms with Crippen molar-refractivity contribution in [2.75, 3.05) is 13.2 Å². The third-order valence-electron chi connectivity index (χ3n) is 3.03. The van der Waals surface area contributed by atoms with Crippen LogP contribution in [0, 0.1) is 0 Å². The fraction of sp³-hybridized carbons (Fsp3) is 0.312. The molecular formula is C16H18N2O4S. The van der Waals surface area contributed by atoms with Crippen LogP contribution in [-0.4, -0.2) is 31.1 Å². The van der Waals surface area contributed by atoms with Crippen LogP contribution in [0.1, 0.15) is 29.4 Å². The van der Waals surface area contributed by atoms with E-state index in [-0.39, 0.29) is 0 Å². The number of imide groups is 1. The fourth-order valence-electron chi connectivity index (χ4n) is 1.87. The minimum absolute atomic E-state index is 0.423. The Morgan fingerprint density at radius 1 is 1.22 bits per heavy atom. The second-order valence-electron chi connectivity index (χ2n) is 4.88. The van der Waals surface area contributed by atoms with Crippen LogP contribution in [0.2, 0.25) is 0 Å². The second-order valence-corrected chi connectivity index (χ2v) is 5.97. The summed E-state index contributed by atoms with van der Waals surface area (Å²) in [6.45, 7) is 2.00. The van der Waals surface area contributed by atoms with Crippen molar-refractivity contribution in [2.45, 2.75) is 19.8 Å². The molecule has 1 aromatic heterocycles. The molecule has 23 heavy (non-hydrogen) atoms. The summed E-state index contributed by atoms with van der Waals surface area (Å²) in [6, 6.07) is 8.71. The van der Waals surface area contributed by atoms with Gasteiger partial charge in [0.1, 0.15) is 4.88 Å². The van der Waals surface area contributed by atoms with Gasteiger partial charge in [0.25, 0.3) is 5.91 Å². The van der Waals surface area contributed by atoms with Gasteiger partial charge in [-0.05, 0) is 23.9 Å². The summed E-state index contributed by atoms with van der Waals surface area (Å²) in [5, 5.41) is 5.60. The Balaban J connectivity index is 1.79. The van der Waals surface area contributed by atoms with E-state index in [1.807, 2.05) is 31.2 Å². The molecule has 0 spiro atoms. The van der Waals surface area contributed by atoms with Gasteiger partial charge in [-0.15, -0.1) is 11.3 Å². The highest BCUT2D eigenvalue weighted by Crippen LogP contribution is 2.25. The maximum absolute atomic E-state index is 11.9. The number of carbonyl (C=O) groups is 3. The summed E-state index contributed by atoms with van der Waals surface area (Å²) in [6.07, 6.45) is 1.78. The van der Waals surface area contributed by atoms with Crippen LogP contribution in [0.15, 0.2) is 30.3 Å². The average molecular weight is 334 g/mol. The van der Waals surface area contributed by atoms with Crippen LogP contribution in [-0.2, 0) is 9.53 Å². The zero-order chi connectivity index (χ0) is 16.7. The van der Waals surface area contributed by atoms with Crippen LogP contribution in [0.5, 0.6) is 0 Å². The number of hydrogen-bond acceptors (Lipinski definition) is 5. The van der Waals surface area contributed by atoms with Gasteiger partial charge in [-0.1, -0.05) is 31.5 Å². The van der Waals surface area contributed by atoms with E-state index >= 15 is 0 Å². The number of thiophene rings is 1. The van der Waals surface area contributed by atoms with Gasteiger partial charge in [0.2, 0.25) is 0 Å². The number of unbranched alkanes of at least 4 members (excludes halogenated alkanes) is 1. The lowest BCUT2D eigenvalue weighted by Crippen LogP contribution is -2.41. The number of esters is 1. The SMILES string of the molecule is CCCCNC(=O)NC(=O)COC(=O)c1cc2ccccc2s1. The molecule has 1 aromatic carbocycles. The number of carbonyl (C=O) groups excluding carboxylic acids is 3. The Hall–Kier alpha value is -2.41. The van der Waals surface area contributed by atoms with Gasteiger partial charge in [0, 0.05) is 11.2 Å². The summed E-state index contributed by atoms with van der Waals surface area (Å²) in [7, 11) is 0. The first kappa shape index (κ1) is 17.0. The molecule has 0 unspecified atom stereocenters. The molecule has 0 aliphatic carbocycles. The molecule has 0 radical (unpaired) electrons. The summed E-state index contributed by atoms with van der Waals surface area (Å²) in [4.78, 5) is 35.3. The molecule has 122 valence electrons. The number of urea groups is 1. The summed E-state index contributed by atoms with van der Waals surface area (Å²) in [5.41, 5.74) is 0. The van der Waals surface area contributed by atoms with E-state index in [1.54, 1.807) is 6.07 Å². The number of amides is 3. The minimum Gasteiger partial charge on any atom is -0.451 e. The maximum Gasteiger partial charge on any atom is 0.348 e. The van der Waals surface area contributed by atoms with Crippen LogP contribution in [0.25, 0.3) is 10.1 Å². The predicted molar refractivity (Wildman–Crippen MR) is 88.6 cm³/mol. The molecule has 2 rings (SSSR count). The topological polar surface area (TPSA) is 84.5 Å². The minimum atomic E-state index is -0.659. The number of nitrogens with one attached hydrogen (secondary N) is 2. The van der Waals surface area contributed by atoms with Gasteiger partial charge in [-0.2, -0.15) is 0 Å². The first-order chi connectivity index (χ1) is 11.1. The molecule has 0 bridgehead atoms. The van der Waals surface area contributed by atoms with Gasteiger partial charge in [0.05, 0.1) is 0 Å². The smallest absolute Gasteiger partial charge is 0.348 e. The molecule has 0 aliphatic rings. The van der Waals surface area contributed by atoms with E-state index in [9.17, 15) is 14.4 Å². The molecule has 0 saturated carbocycles. The predicted octanol–water partition coefficient (Wildman–Crippen LogP) is 2.68.